The normalized spacial score (nSPS) is 22.5. The van der Waals surface area contributed by atoms with E-state index in [2.05, 4.69) is 30.7 Å². The number of likely N-dealkylation sites (N-methyl/N-ethyl adjacent to an activating group) is 1. The Hall–Kier alpha value is -0.650. The Balaban J connectivity index is 1.71. The molecule has 0 radical (unpaired) electrons. The summed E-state index contributed by atoms with van der Waals surface area (Å²) in [5.41, 5.74) is -0.539. The monoisotopic (exact) mass is 325 g/mol. The zero-order chi connectivity index (χ0) is 16.9. The molecule has 0 bridgehead atoms. The second kappa shape index (κ2) is 8.45. The third-order valence-corrected chi connectivity index (χ3v) is 5.86. The van der Waals surface area contributed by atoms with Crippen LogP contribution in [0, 0.1) is 5.92 Å². The highest BCUT2D eigenvalue weighted by molar-refractivity contribution is 5.76. The summed E-state index contributed by atoms with van der Waals surface area (Å²) in [5.74, 6) is 0.866. The molecular formula is C18H35N3O2. The van der Waals surface area contributed by atoms with Crippen LogP contribution < -0.4 is 0 Å². The fraction of sp³-hybridized carbons (Fsp3) is 0.944. The SMILES string of the molecule is CCC(O)(CC)CN1CCC(CC(=O)N2CCN(C)CC2)CC1. The minimum Gasteiger partial charge on any atom is -0.389 e. The number of piperidine rings is 1. The maximum Gasteiger partial charge on any atom is 0.222 e. The highest BCUT2D eigenvalue weighted by Crippen LogP contribution is 2.24. The van der Waals surface area contributed by atoms with Gasteiger partial charge in [-0.1, -0.05) is 13.8 Å². The van der Waals surface area contributed by atoms with Crippen molar-refractivity contribution in [2.24, 2.45) is 5.92 Å². The Bertz CT molecular complexity index is 368. The van der Waals surface area contributed by atoms with Crippen molar-refractivity contribution in [1.82, 2.24) is 14.7 Å². The first-order chi connectivity index (χ1) is 11.0. The smallest absolute Gasteiger partial charge is 0.222 e. The molecule has 2 saturated heterocycles. The molecule has 2 aliphatic heterocycles. The van der Waals surface area contributed by atoms with E-state index in [4.69, 9.17) is 0 Å². The molecule has 0 aromatic heterocycles. The Morgan fingerprint density at radius 3 is 2.13 bits per heavy atom. The number of nitrogens with zero attached hydrogens (tertiary/aromatic N) is 3. The van der Waals surface area contributed by atoms with Crippen LogP contribution in [0.4, 0.5) is 0 Å². The number of carbonyl (C=O) groups is 1. The first-order valence-electron chi connectivity index (χ1n) is 9.37. The maximum absolute atomic E-state index is 12.4. The second-order valence-corrected chi connectivity index (χ2v) is 7.54. The first-order valence-corrected chi connectivity index (χ1v) is 9.37. The van der Waals surface area contributed by atoms with Gasteiger partial charge >= 0.3 is 0 Å². The molecule has 0 aromatic carbocycles. The van der Waals surface area contributed by atoms with Gasteiger partial charge in [-0.2, -0.15) is 0 Å². The summed E-state index contributed by atoms with van der Waals surface area (Å²) in [6, 6.07) is 0. The largest absolute Gasteiger partial charge is 0.389 e. The number of β-amino-alcohol motifs (C(OH)–C–C–N with tert-alkyl or cyclic N) is 1. The molecule has 0 aliphatic carbocycles. The number of amides is 1. The summed E-state index contributed by atoms with van der Waals surface area (Å²) in [7, 11) is 2.12. The third-order valence-electron chi connectivity index (χ3n) is 5.86. The molecule has 5 heteroatoms. The molecule has 2 aliphatic rings. The molecule has 0 saturated carbocycles. The predicted molar refractivity (Wildman–Crippen MR) is 93.4 cm³/mol. The molecule has 1 N–H and O–H groups in total. The number of aliphatic hydroxyl groups is 1. The van der Waals surface area contributed by atoms with Crippen LogP contribution in [0.3, 0.4) is 0 Å². The van der Waals surface area contributed by atoms with Gasteiger partial charge in [0, 0.05) is 39.1 Å². The van der Waals surface area contributed by atoms with Crippen molar-refractivity contribution in [2.75, 3.05) is 52.9 Å². The van der Waals surface area contributed by atoms with Gasteiger partial charge in [-0.25, -0.2) is 0 Å². The number of likely N-dealkylation sites (tertiary alicyclic amines) is 1. The van der Waals surface area contributed by atoms with E-state index in [0.29, 0.717) is 18.2 Å². The van der Waals surface area contributed by atoms with E-state index in [9.17, 15) is 9.90 Å². The number of piperazine rings is 1. The van der Waals surface area contributed by atoms with E-state index in [1.165, 1.54) is 0 Å². The van der Waals surface area contributed by atoms with Crippen molar-refractivity contribution in [1.29, 1.82) is 0 Å². The Kier molecular flexibility index (Phi) is 6.86. The van der Waals surface area contributed by atoms with Crippen LogP contribution in [0.25, 0.3) is 0 Å². The van der Waals surface area contributed by atoms with Crippen LogP contribution in [0.5, 0.6) is 0 Å². The van der Waals surface area contributed by atoms with Gasteiger partial charge in [0.05, 0.1) is 5.60 Å². The lowest BCUT2D eigenvalue weighted by atomic mass is 9.90. The Morgan fingerprint density at radius 1 is 1.04 bits per heavy atom. The van der Waals surface area contributed by atoms with Gasteiger partial charge in [0.2, 0.25) is 5.91 Å². The van der Waals surface area contributed by atoms with Gasteiger partial charge in [0.1, 0.15) is 0 Å². The summed E-state index contributed by atoms with van der Waals surface area (Å²) in [6.45, 7) is 10.7. The molecule has 0 spiro atoms. The van der Waals surface area contributed by atoms with E-state index < -0.39 is 5.60 Å². The van der Waals surface area contributed by atoms with E-state index in [1.807, 2.05) is 4.90 Å². The molecule has 2 rings (SSSR count). The first kappa shape index (κ1) is 18.7. The van der Waals surface area contributed by atoms with Crippen LogP contribution in [-0.4, -0.2) is 84.2 Å². The molecule has 5 nitrogen and oxygen atoms in total. The van der Waals surface area contributed by atoms with Gasteiger partial charge in [-0.05, 0) is 51.7 Å². The van der Waals surface area contributed by atoms with Crippen LogP contribution in [0.15, 0.2) is 0 Å². The molecule has 0 atom stereocenters. The molecule has 23 heavy (non-hydrogen) atoms. The lowest BCUT2D eigenvalue weighted by Gasteiger charge is -2.38. The highest BCUT2D eigenvalue weighted by atomic mass is 16.3. The standard InChI is InChI=1S/C18H35N3O2/c1-4-18(23,5-2)15-20-8-6-16(7-9-20)14-17(22)21-12-10-19(3)11-13-21/h16,23H,4-15H2,1-3H3. The molecule has 134 valence electrons. The average molecular weight is 325 g/mol. The van der Waals surface area contributed by atoms with Crippen molar-refractivity contribution < 1.29 is 9.90 Å². The summed E-state index contributed by atoms with van der Waals surface area (Å²) >= 11 is 0. The zero-order valence-corrected chi connectivity index (χ0v) is 15.3. The van der Waals surface area contributed by atoms with E-state index >= 15 is 0 Å². The van der Waals surface area contributed by atoms with Crippen LogP contribution in [-0.2, 0) is 4.79 Å². The minimum atomic E-state index is -0.539. The Morgan fingerprint density at radius 2 is 1.61 bits per heavy atom. The summed E-state index contributed by atoms with van der Waals surface area (Å²) in [5, 5.41) is 10.5. The third kappa shape index (κ3) is 5.44. The van der Waals surface area contributed by atoms with Gasteiger partial charge in [0.15, 0.2) is 0 Å². The van der Waals surface area contributed by atoms with Crippen molar-refractivity contribution in [3.05, 3.63) is 0 Å². The molecule has 0 unspecified atom stereocenters. The predicted octanol–water partition coefficient (Wildman–Crippen LogP) is 1.41. The second-order valence-electron chi connectivity index (χ2n) is 7.54. The number of hydrogen-bond acceptors (Lipinski definition) is 4. The van der Waals surface area contributed by atoms with Gasteiger partial charge < -0.3 is 19.8 Å². The Labute approximate surface area is 141 Å². The van der Waals surface area contributed by atoms with Crippen molar-refractivity contribution in [2.45, 2.75) is 51.6 Å². The fourth-order valence-corrected chi connectivity index (χ4v) is 3.67. The van der Waals surface area contributed by atoms with E-state index in [0.717, 1.165) is 71.5 Å². The summed E-state index contributed by atoms with van der Waals surface area (Å²) in [6.07, 6.45) is 4.51. The quantitative estimate of drug-likeness (QED) is 0.802. The topological polar surface area (TPSA) is 47.0 Å². The lowest BCUT2D eigenvalue weighted by molar-refractivity contribution is -0.134. The van der Waals surface area contributed by atoms with Crippen molar-refractivity contribution in [3.8, 4) is 0 Å². The molecule has 1 amide bonds. The molecule has 2 fully saturated rings. The maximum atomic E-state index is 12.4. The van der Waals surface area contributed by atoms with Crippen LogP contribution in [0.1, 0.15) is 46.0 Å². The molecule has 2 heterocycles. The number of hydrogen-bond donors (Lipinski definition) is 1. The molecular weight excluding hydrogens is 290 g/mol. The lowest BCUT2D eigenvalue weighted by Crippen LogP contribution is -2.48. The summed E-state index contributed by atoms with van der Waals surface area (Å²) in [4.78, 5) is 19.1. The summed E-state index contributed by atoms with van der Waals surface area (Å²) < 4.78 is 0. The fourth-order valence-electron chi connectivity index (χ4n) is 3.67. The number of carbonyl (C=O) groups excluding carboxylic acids is 1. The highest BCUT2D eigenvalue weighted by Gasteiger charge is 2.30. The van der Waals surface area contributed by atoms with Crippen molar-refractivity contribution in [3.63, 3.8) is 0 Å². The zero-order valence-electron chi connectivity index (χ0n) is 15.3. The van der Waals surface area contributed by atoms with Crippen molar-refractivity contribution >= 4 is 5.91 Å². The van der Waals surface area contributed by atoms with E-state index in [-0.39, 0.29) is 0 Å². The van der Waals surface area contributed by atoms with Gasteiger partial charge in [0.25, 0.3) is 0 Å². The van der Waals surface area contributed by atoms with Gasteiger partial charge in [-0.3, -0.25) is 4.79 Å². The van der Waals surface area contributed by atoms with Gasteiger partial charge in [-0.15, -0.1) is 0 Å². The van der Waals surface area contributed by atoms with Crippen LogP contribution >= 0.6 is 0 Å². The van der Waals surface area contributed by atoms with E-state index in [1.54, 1.807) is 0 Å². The average Bonchev–Trinajstić information content (AvgIpc) is 2.57. The van der Waals surface area contributed by atoms with Crippen LogP contribution in [0.2, 0.25) is 0 Å². The molecule has 0 aromatic rings. The number of rotatable bonds is 6. The minimum absolute atomic E-state index is 0.343.